The van der Waals surface area contributed by atoms with Crippen LogP contribution in [-0.2, 0) is 20.4 Å². The predicted molar refractivity (Wildman–Crippen MR) is 103 cm³/mol. The van der Waals surface area contributed by atoms with Crippen LogP contribution in [0.2, 0.25) is 13.1 Å². The van der Waals surface area contributed by atoms with E-state index < -0.39 is 20.4 Å². The van der Waals surface area contributed by atoms with Crippen molar-refractivity contribution in [3.63, 3.8) is 0 Å². The van der Waals surface area contributed by atoms with E-state index in [2.05, 4.69) is 87.6 Å². The van der Waals surface area contributed by atoms with Crippen LogP contribution in [-0.4, -0.2) is 5.43 Å². The fraction of sp³-hybridized carbons (Fsp3) is 0.273. The summed E-state index contributed by atoms with van der Waals surface area (Å²) in [6.45, 7) is 9.94. The molecule has 0 amide bonds. The molecule has 0 aromatic heterocycles. The normalized spacial score (nSPS) is 21.0. The molecule has 2 aliphatic rings. The van der Waals surface area contributed by atoms with Crippen molar-refractivity contribution in [1.29, 1.82) is 0 Å². The van der Waals surface area contributed by atoms with E-state index in [0.29, 0.717) is 0 Å². The van der Waals surface area contributed by atoms with Gasteiger partial charge in [0.25, 0.3) is 0 Å². The average molecular weight is 408 g/mol. The van der Waals surface area contributed by atoms with Crippen LogP contribution < -0.4 is 0 Å². The molecule has 0 bridgehead atoms. The van der Waals surface area contributed by atoms with Crippen LogP contribution in [0.5, 0.6) is 0 Å². The summed E-state index contributed by atoms with van der Waals surface area (Å²) in [7, 11) is 0. The van der Waals surface area contributed by atoms with Gasteiger partial charge in [-0.25, -0.2) is 0 Å². The number of benzene rings is 2. The van der Waals surface area contributed by atoms with Crippen molar-refractivity contribution in [3.05, 3.63) is 81.9 Å². The summed E-state index contributed by atoms with van der Waals surface area (Å²) in [6.07, 6.45) is 4.93. The minimum absolute atomic E-state index is 0.272. The summed E-state index contributed by atoms with van der Waals surface area (Å²) < 4.78 is 1.54. The maximum absolute atomic E-state index is 2.59. The third-order valence-corrected chi connectivity index (χ3v) is 25.4. The van der Waals surface area contributed by atoms with Crippen LogP contribution in [0.1, 0.15) is 43.4 Å². The Morgan fingerprint density at radius 1 is 0.708 bits per heavy atom. The van der Waals surface area contributed by atoms with Gasteiger partial charge in [0.15, 0.2) is 0 Å². The molecule has 0 N–H and O–H groups in total. The van der Waals surface area contributed by atoms with Crippen molar-refractivity contribution in [2.75, 3.05) is 0 Å². The Labute approximate surface area is 153 Å². The number of fused-ring (bicyclic) bond motifs is 2. The molecule has 0 nitrogen and oxygen atoms in total. The molecular formula is C22H24SiZr. The zero-order valence-electron chi connectivity index (χ0n) is 14.9. The molecule has 0 saturated carbocycles. The first-order valence-corrected chi connectivity index (χ1v) is 17.8. The molecular weight excluding hydrogens is 384 g/mol. The Balaban J connectivity index is 1.89. The van der Waals surface area contributed by atoms with E-state index in [1.165, 1.54) is 11.1 Å². The minimum atomic E-state index is -1.76. The van der Waals surface area contributed by atoms with Gasteiger partial charge in [-0.1, -0.05) is 0 Å². The molecule has 0 saturated heterocycles. The Morgan fingerprint density at radius 2 is 1.12 bits per heavy atom. The molecule has 4 rings (SSSR count). The van der Waals surface area contributed by atoms with Gasteiger partial charge in [0.2, 0.25) is 0 Å². The molecule has 2 aromatic rings. The summed E-state index contributed by atoms with van der Waals surface area (Å²) in [6, 6.07) is 18.3. The van der Waals surface area contributed by atoms with Crippen LogP contribution in [0.4, 0.5) is 0 Å². The molecule has 2 aromatic carbocycles. The monoisotopic (exact) mass is 406 g/mol. The predicted octanol–water partition coefficient (Wildman–Crippen LogP) is 6.17. The van der Waals surface area contributed by atoms with Gasteiger partial charge >= 0.3 is 154 Å². The van der Waals surface area contributed by atoms with Gasteiger partial charge in [-0.2, -0.15) is 0 Å². The van der Waals surface area contributed by atoms with Crippen molar-refractivity contribution in [3.8, 4) is 0 Å². The number of hydrogen-bond acceptors (Lipinski definition) is 0. The molecule has 0 fully saturated rings. The van der Waals surface area contributed by atoms with Crippen LogP contribution in [0.3, 0.4) is 0 Å². The Hall–Kier alpha value is -0.980. The summed E-state index contributed by atoms with van der Waals surface area (Å²) in [5.41, 5.74) is 9.22. The second kappa shape index (κ2) is 6.39. The summed E-state index contributed by atoms with van der Waals surface area (Å²) in [5, 5.41) is 0. The topological polar surface area (TPSA) is 0 Å². The molecule has 0 spiro atoms. The van der Waals surface area contributed by atoms with E-state index in [1.54, 1.807) is 22.3 Å². The molecule has 120 valence electrons. The van der Waals surface area contributed by atoms with E-state index in [0.717, 1.165) is 7.25 Å². The summed E-state index contributed by atoms with van der Waals surface area (Å²) in [4.78, 5) is 0. The van der Waals surface area contributed by atoms with Gasteiger partial charge in [-0.3, -0.25) is 0 Å². The van der Waals surface area contributed by atoms with Gasteiger partial charge in [-0.05, 0) is 0 Å². The Kier molecular flexibility index (Phi) is 4.39. The fourth-order valence-electron chi connectivity index (χ4n) is 4.53. The number of rotatable bonds is 2. The summed E-state index contributed by atoms with van der Waals surface area (Å²) >= 11 is -1.76. The summed E-state index contributed by atoms with van der Waals surface area (Å²) in [5.74, 6) is 0. The third-order valence-electron chi connectivity index (χ3n) is 5.49. The first-order chi connectivity index (χ1) is 11.6. The molecule has 0 aliphatic heterocycles. The zero-order valence-corrected chi connectivity index (χ0v) is 18.4. The molecule has 2 heteroatoms. The van der Waals surface area contributed by atoms with E-state index >= 15 is 0 Å². The van der Waals surface area contributed by atoms with Crippen molar-refractivity contribution < 1.29 is 20.4 Å². The van der Waals surface area contributed by atoms with Gasteiger partial charge in [0.05, 0.1) is 0 Å². The molecule has 0 radical (unpaired) electrons. The Morgan fingerprint density at radius 3 is 1.54 bits per heavy atom. The van der Waals surface area contributed by atoms with E-state index in [1.807, 2.05) is 0 Å². The second-order valence-corrected chi connectivity index (χ2v) is 25.2. The SMILES string of the molecule is CC1=Cc2ccccc2[CH]1[Zr]([CH]1C(C)=Cc2ccccc21)=[Si](C)C. The van der Waals surface area contributed by atoms with Crippen molar-refractivity contribution in [1.82, 2.24) is 0 Å². The first-order valence-electron chi connectivity index (χ1n) is 8.79. The van der Waals surface area contributed by atoms with E-state index in [4.69, 9.17) is 0 Å². The average Bonchev–Trinajstić information content (AvgIpc) is 3.05. The third kappa shape index (κ3) is 2.59. The number of allylic oxidation sites excluding steroid dienone is 2. The van der Waals surface area contributed by atoms with Crippen LogP contribution in [0.25, 0.3) is 12.2 Å². The van der Waals surface area contributed by atoms with E-state index in [-0.39, 0.29) is 5.43 Å². The fourth-order valence-corrected chi connectivity index (χ4v) is 25.3. The standard InChI is InChI=1S/2C10H9.C2H6Si.Zr/c2*1-8-6-9-4-2-3-5-10(9)7-8;1-3-2;/h2*2-7H,1H3;1-2H3;. The van der Waals surface area contributed by atoms with Crippen molar-refractivity contribution in [2.45, 2.75) is 34.2 Å². The van der Waals surface area contributed by atoms with Crippen LogP contribution in [0, 0.1) is 0 Å². The first kappa shape index (κ1) is 16.5. The quantitative estimate of drug-likeness (QED) is 0.522. The maximum atomic E-state index is 2.59. The van der Waals surface area contributed by atoms with Crippen molar-refractivity contribution in [2.24, 2.45) is 0 Å². The molecule has 2 atom stereocenters. The molecule has 2 unspecified atom stereocenters. The van der Waals surface area contributed by atoms with Gasteiger partial charge in [0, 0.05) is 0 Å². The molecule has 24 heavy (non-hydrogen) atoms. The number of hydrogen-bond donors (Lipinski definition) is 0. The molecule has 0 heterocycles. The zero-order chi connectivity index (χ0) is 16.8. The van der Waals surface area contributed by atoms with E-state index in [9.17, 15) is 0 Å². The van der Waals surface area contributed by atoms with Crippen LogP contribution >= 0.6 is 0 Å². The van der Waals surface area contributed by atoms with Gasteiger partial charge < -0.3 is 0 Å². The Bertz CT molecular complexity index is 844. The second-order valence-electron chi connectivity index (χ2n) is 7.36. The van der Waals surface area contributed by atoms with Gasteiger partial charge in [0.1, 0.15) is 0 Å². The van der Waals surface area contributed by atoms with Gasteiger partial charge in [-0.15, -0.1) is 0 Å². The van der Waals surface area contributed by atoms with Crippen LogP contribution in [0.15, 0.2) is 59.7 Å². The molecule has 2 aliphatic carbocycles. The van der Waals surface area contributed by atoms with Crippen molar-refractivity contribution >= 4 is 17.6 Å².